The second kappa shape index (κ2) is 9.98. The van der Waals surface area contributed by atoms with Crippen LogP contribution in [-0.2, 0) is 17.8 Å². The smallest absolute Gasteiger partial charge is 0.222 e. The van der Waals surface area contributed by atoms with Gasteiger partial charge >= 0.3 is 0 Å². The Labute approximate surface area is 221 Å². The lowest BCUT2D eigenvalue weighted by Gasteiger charge is -2.35. The third-order valence-corrected chi connectivity index (χ3v) is 7.60. The zero-order valence-electron chi connectivity index (χ0n) is 22.1. The Morgan fingerprint density at radius 1 is 0.868 bits per heavy atom. The molecule has 0 N–H and O–H groups in total. The largest absolute Gasteiger partial charge is 0.340 e. The molecule has 1 fully saturated rings. The van der Waals surface area contributed by atoms with E-state index in [1.165, 1.54) is 16.3 Å². The maximum atomic E-state index is 13.1. The summed E-state index contributed by atoms with van der Waals surface area (Å²) in [5.41, 5.74) is 5.07. The lowest BCUT2D eigenvalue weighted by atomic mass is 10.1. The fourth-order valence-corrected chi connectivity index (χ4v) is 5.40. The van der Waals surface area contributed by atoms with Crippen molar-refractivity contribution in [2.75, 3.05) is 26.2 Å². The first-order valence-corrected chi connectivity index (χ1v) is 13.2. The molecular formula is C29H32N8O. The number of hydrogen-bond donors (Lipinski definition) is 0. The first-order valence-electron chi connectivity index (χ1n) is 13.2. The summed E-state index contributed by atoms with van der Waals surface area (Å²) < 4.78 is 3.56. The molecule has 9 heteroatoms. The molecular weight excluding hydrogens is 476 g/mol. The predicted molar refractivity (Wildman–Crippen MR) is 146 cm³/mol. The molecule has 194 valence electrons. The summed E-state index contributed by atoms with van der Waals surface area (Å²) >= 11 is 0. The standard InChI is InChI=1S/C29H32N8O/c1-20-26(21(2)36(32-20)28-12-11-27-31-30-22(3)37(27)33-28)10-13-29(38)35-16-14-34(15-17-35)19-23-8-9-24-6-4-5-7-25(24)18-23/h4-9,11-12,18H,10,13-17,19H2,1-3H3. The fourth-order valence-electron chi connectivity index (χ4n) is 5.40. The number of nitrogens with zero attached hydrogens (tertiary/aromatic N) is 8. The Morgan fingerprint density at radius 3 is 2.47 bits per heavy atom. The van der Waals surface area contributed by atoms with Crippen molar-refractivity contribution in [3.05, 3.63) is 82.9 Å². The van der Waals surface area contributed by atoms with Crippen LogP contribution in [0.2, 0.25) is 0 Å². The minimum atomic E-state index is 0.210. The van der Waals surface area contributed by atoms with Crippen LogP contribution in [0.15, 0.2) is 54.6 Å². The lowest BCUT2D eigenvalue weighted by molar-refractivity contribution is -0.133. The lowest BCUT2D eigenvalue weighted by Crippen LogP contribution is -2.48. The van der Waals surface area contributed by atoms with E-state index in [0.29, 0.717) is 24.3 Å². The van der Waals surface area contributed by atoms with E-state index in [1.54, 1.807) is 4.52 Å². The molecule has 38 heavy (non-hydrogen) atoms. The van der Waals surface area contributed by atoms with Crippen LogP contribution < -0.4 is 0 Å². The molecule has 1 saturated heterocycles. The Hall–Kier alpha value is -4.11. The van der Waals surface area contributed by atoms with Gasteiger partial charge in [0.25, 0.3) is 0 Å². The van der Waals surface area contributed by atoms with E-state index >= 15 is 0 Å². The second-order valence-corrected chi connectivity index (χ2v) is 10.1. The van der Waals surface area contributed by atoms with Gasteiger partial charge in [0.1, 0.15) is 0 Å². The number of hydrogen-bond acceptors (Lipinski definition) is 6. The molecule has 1 amide bonds. The zero-order chi connectivity index (χ0) is 26.2. The van der Waals surface area contributed by atoms with Gasteiger partial charge in [-0.1, -0.05) is 36.4 Å². The maximum Gasteiger partial charge on any atom is 0.222 e. The topological polar surface area (TPSA) is 84.4 Å². The predicted octanol–water partition coefficient (Wildman–Crippen LogP) is 3.67. The number of carbonyl (C=O) groups excluding carboxylic acids is 1. The minimum Gasteiger partial charge on any atom is -0.340 e. The van der Waals surface area contributed by atoms with Crippen LogP contribution in [0.5, 0.6) is 0 Å². The van der Waals surface area contributed by atoms with Crippen molar-refractivity contribution in [2.24, 2.45) is 0 Å². The number of benzene rings is 2. The van der Waals surface area contributed by atoms with Crippen molar-refractivity contribution in [3.63, 3.8) is 0 Å². The molecule has 6 rings (SSSR count). The number of piperazine rings is 1. The van der Waals surface area contributed by atoms with Gasteiger partial charge in [-0.2, -0.15) is 9.61 Å². The van der Waals surface area contributed by atoms with E-state index in [2.05, 4.69) is 62.7 Å². The summed E-state index contributed by atoms with van der Waals surface area (Å²) in [6.45, 7) is 10.2. The number of carbonyl (C=O) groups is 1. The molecule has 0 unspecified atom stereocenters. The van der Waals surface area contributed by atoms with Crippen molar-refractivity contribution >= 4 is 22.3 Å². The van der Waals surface area contributed by atoms with Crippen molar-refractivity contribution < 1.29 is 4.79 Å². The van der Waals surface area contributed by atoms with E-state index in [1.807, 2.05) is 42.5 Å². The van der Waals surface area contributed by atoms with Crippen LogP contribution in [0.1, 0.15) is 34.8 Å². The van der Waals surface area contributed by atoms with E-state index in [-0.39, 0.29) is 5.91 Å². The zero-order valence-corrected chi connectivity index (χ0v) is 22.1. The van der Waals surface area contributed by atoms with Crippen LogP contribution in [0.25, 0.3) is 22.2 Å². The van der Waals surface area contributed by atoms with Crippen LogP contribution >= 0.6 is 0 Å². The van der Waals surface area contributed by atoms with Crippen LogP contribution in [0.3, 0.4) is 0 Å². The van der Waals surface area contributed by atoms with E-state index in [9.17, 15) is 4.79 Å². The monoisotopic (exact) mass is 508 g/mol. The average molecular weight is 509 g/mol. The number of rotatable bonds is 6. The van der Waals surface area contributed by atoms with Crippen molar-refractivity contribution in [1.29, 1.82) is 0 Å². The van der Waals surface area contributed by atoms with Gasteiger partial charge in [-0.05, 0) is 67.3 Å². The summed E-state index contributed by atoms with van der Waals surface area (Å²) in [6.07, 6.45) is 1.15. The van der Waals surface area contributed by atoms with Crippen LogP contribution in [0.4, 0.5) is 0 Å². The molecule has 0 radical (unpaired) electrons. The maximum absolute atomic E-state index is 13.1. The summed E-state index contributed by atoms with van der Waals surface area (Å²) in [4.78, 5) is 17.5. The van der Waals surface area contributed by atoms with E-state index < -0.39 is 0 Å². The normalized spacial score (nSPS) is 14.6. The number of aryl methyl sites for hydroxylation is 2. The molecule has 0 aliphatic carbocycles. The van der Waals surface area contributed by atoms with Gasteiger partial charge in [-0.25, -0.2) is 4.68 Å². The van der Waals surface area contributed by atoms with Gasteiger partial charge in [-0.3, -0.25) is 9.69 Å². The molecule has 0 atom stereocenters. The van der Waals surface area contributed by atoms with Gasteiger partial charge < -0.3 is 4.90 Å². The molecule has 3 aromatic heterocycles. The highest BCUT2D eigenvalue weighted by atomic mass is 16.2. The van der Waals surface area contributed by atoms with Crippen molar-refractivity contribution in [3.8, 4) is 5.82 Å². The van der Waals surface area contributed by atoms with Gasteiger partial charge in [0.2, 0.25) is 5.91 Å². The average Bonchev–Trinajstić information content (AvgIpc) is 3.45. The minimum absolute atomic E-state index is 0.210. The number of aromatic nitrogens is 6. The molecule has 2 aromatic carbocycles. The third-order valence-electron chi connectivity index (χ3n) is 7.60. The van der Waals surface area contributed by atoms with Gasteiger partial charge in [0.15, 0.2) is 17.3 Å². The highest BCUT2D eigenvalue weighted by molar-refractivity contribution is 5.83. The Bertz CT molecular complexity index is 1630. The SMILES string of the molecule is Cc1nn(-c2ccc3nnc(C)n3n2)c(C)c1CCC(=O)N1CCN(Cc2ccc3ccccc3c2)CC1. The first-order chi connectivity index (χ1) is 18.5. The number of amides is 1. The van der Waals surface area contributed by atoms with Crippen molar-refractivity contribution in [1.82, 2.24) is 39.4 Å². The molecule has 1 aliphatic heterocycles. The highest BCUT2D eigenvalue weighted by Crippen LogP contribution is 2.21. The van der Waals surface area contributed by atoms with Gasteiger partial charge in [-0.15, -0.1) is 15.3 Å². The van der Waals surface area contributed by atoms with Gasteiger partial charge in [0, 0.05) is 44.8 Å². The van der Waals surface area contributed by atoms with Crippen molar-refractivity contribution in [2.45, 2.75) is 40.2 Å². The summed E-state index contributed by atoms with van der Waals surface area (Å²) in [7, 11) is 0. The molecule has 0 bridgehead atoms. The molecule has 0 saturated carbocycles. The first kappa shape index (κ1) is 24.2. The van der Waals surface area contributed by atoms with Crippen LogP contribution in [0, 0.1) is 20.8 Å². The summed E-state index contributed by atoms with van der Waals surface area (Å²) in [5, 5.41) is 20.1. The van der Waals surface area contributed by atoms with E-state index in [4.69, 9.17) is 5.10 Å². The quantitative estimate of drug-likeness (QED) is 0.348. The number of fused-ring (bicyclic) bond motifs is 2. The Morgan fingerprint density at radius 2 is 1.66 bits per heavy atom. The van der Waals surface area contributed by atoms with Crippen LogP contribution in [-0.4, -0.2) is 71.5 Å². The second-order valence-electron chi connectivity index (χ2n) is 10.1. The summed E-state index contributed by atoms with van der Waals surface area (Å²) in [5.74, 6) is 1.65. The Balaban J connectivity index is 1.06. The molecule has 0 spiro atoms. The third kappa shape index (κ3) is 4.65. The summed E-state index contributed by atoms with van der Waals surface area (Å²) in [6, 6.07) is 18.9. The molecule has 5 aromatic rings. The molecule has 9 nitrogen and oxygen atoms in total. The fraction of sp³-hybridized carbons (Fsp3) is 0.345. The van der Waals surface area contributed by atoms with Gasteiger partial charge in [0.05, 0.1) is 5.69 Å². The molecule has 4 heterocycles. The Kier molecular flexibility index (Phi) is 6.37. The van der Waals surface area contributed by atoms with E-state index in [0.717, 1.165) is 55.5 Å². The highest BCUT2D eigenvalue weighted by Gasteiger charge is 2.22. The molecule has 1 aliphatic rings.